The molecule has 0 aliphatic carbocycles. The first-order valence-corrected chi connectivity index (χ1v) is 7.06. The standard InChI is InChI=1S/C14H24N6/c1-5-6-20(9-14(2,3)8-15)13-11-7-18-19(4)12(11)16-10-17-13/h7,10H,5-6,8-9,15H2,1-4H3. The van der Waals surface area contributed by atoms with Gasteiger partial charge in [-0.3, -0.25) is 4.68 Å². The lowest BCUT2D eigenvalue weighted by molar-refractivity contribution is 0.377. The van der Waals surface area contributed by atoms with Gasteiger partial charge in [0, 0.05) is 20.1 Å². The highest BCUT2D eigenvalue weighted by atomic mass is 15.3. The van der Waals surface area contributed by atoms with Gasteiger partial charge in [0.2, 0.25) is 0 Å². The van der Waals surface area contributed by atoms with Crippen molar-refractivity contribution in [3.63, 3.8) is 0 Å². The fraction of sp³-hybridized carbons (Fsp3) is 0.643. The summed E-state index contributed by atoms with van der Waals surface area (Å²) in [6.45, 7) is 9.00. The second-order valence-corrected chi connectivity index (χ2v) is 5.99. The third-order valence-corrected chi connectivity index (χ3v) is 3.47. The Labute approximate surface area is 120 Å². The molecule has 2 aromatic rings. The summed E-state index contributed by atoms with van der Waals surface area (Å²) in [6.07, 6.45) is 4.51. The third-order valence-electron chi connectivity index (χ3n) is 3.47. The van der Waals surface area contributed by atoms with E-state index in [1.54, 1.807) is 11.0 Å². The molecule has 0 spiro atoms. The van der Waals surface area contributed by atoms with Crippen molar-refractivity contribution in [2.45, 2.75) is 27.2 Å². The molecule has 0 atom stereocenters. The quantitative estimate of drug-likeness (QED) is 0.867. The number of hydrogen-bond acceptors (Lipinski definition) is 5. The zero-order valence-corrected chi connectivity index (χ0v) is 12.8. The Bertz CT molecular complexity index is 574. The van der Waals surface area contributed by atoms with E-state index in [1.807, 2.05) is 13.2 Å². The fourth-order valence-corrected chi connectivity index (χ4v) is 2.31. The summed E-state index contributed by atoms with van der Waals surface area (Å²) in [6, 6.07) is 0. The highest BCUT2D eigenvalue weighted by Gasteiger charge is 2.22. The Morgan fingerprint density at radius 3 is 2.75 bits per heavy atom. The van der Waals surface area contributed by atoms with Gasteiger partial charge < -0.3 is 10.6 Å². The molecule has 20 heavy (non-hydrogen) atoms. The minimum absolute atomic E-state index is 0.0503. The van der Waals surface area contributed by atoms with Crippen LogP contribution in [0.1, 0.15) is 27.2 Å². The molecular formula is C14H24N6. The van der Waals surface area contributed by atoms with E-state index in [4.69, 9.17) is 5.73 Å². The number of anilines is 1. The lowest BCUT2D eigenvalue weighted by Crippen LogP contribution is -2.39. The van der Waals surface area contributed by atoms with Gasteiger partial charge in [0.05, 0.1) is 11.6 Å². The number of nitrogens with zero attached hydrogens (tertiary/aromatic N) is 5. The van der Waals surface area contributed by atoms with Crippen molar-refractivity contribution in [2.75, 3.05) is 24.5 Å². The zero-order chi connectivity index (χ0) is 14.8. The van der Waals surface area contributed by atoms with E-state index >= 15 is 0 Å². The first-order chi connectivity index (χ1) is 9.48. The summed E-state index contributed by atoms with van der Waals surface area (Å²) in [5.74, 6) is 0.950. The van der Waals surface area contributed by atoms with Gasteiger partial charge in [-0.1, -0.05) is 20.8 Å². The molecule has 2 rings (SSSR count). The Hall–Kier alpha value is -1.69. The second kappa shape index (κ2) is 5.75. The normalized spacial score (nSPS) is 12.1. The third kappa shape index (κ3) is 2.90. The molecule has 0 unspecified atom stereocenters. The van der Waals surface area contributed by atoms with Crippen LogP contribution in [0, 0.1) is 5.41 Å². The smallest absolute Gasteiger partial charge is 0.163 e. The lowest BCUT2D eigenvalue weighted by Gasteiger charge is -2.32. The number of aryl methyl sites for hydroxylation is 1. The fourth-order valence-electron chi connectivity index (χ4n) is 2.31. The summed E-state index contributed by atoms with van der Waals surface area (Å²) < 4.78 is 1.78. The van der Waals surface area contributed by atoms with Crippen molar-refractivity contribution in [3.8, 4) is 0 Å². The molecule has 0 radical (unpaired) electrons. The first kappa shape index (κ1) is 14.7. The van der Waals surface area contributed by atoms with E-state index in [-0.39, 0.29) is 5.41 Å². The summed E-state index contributed by atoms with van der Waals surface area (Å²) in [4.78, 5) is 11.1. The molecular weight excluding hydrogens is 252 g/mol. The average Bonchev–Trinajstić information content (AvgIpc) is 2.80. The molecule has 0 aromatic carbocycles. The van der Waals surface area contributed by atoms with Gasteiger partial charge in [-0.2, -0.15) is 5.10 Å². The monoisotopic (exact) mass is 276 g/mol. The van der Waals surface area contributed by atoms with Crippen LogP contribution >= 0.6 is 0 Å². The van der Waals surface area contributed by atoms with Crippen LogP contribution in [0.5, 0.6) is 0 Å². The molecule has 6 nitrogen and oxygen atoms in total. The number of hydrogen-bond donors (Lipinski definition) is 1. The van der Waals surface area contributed by atoms with Crippen LogP contribution in [-0.4, -0.2) is 39.4 Å². The van der Waals surface area contributed by atoms with E-state index in [0.717, 1.165) is 36.4 Å². The molecule has 0 saturated carbocycles. The lowest BCUT2D eigenvalue weighted by atomic mass is 9.93. The van der Waals surface area contributed by atoms with E-state index < -0.39 is 0 Å². The largest absolute Gasteiger partial charge is 0.355 e. The van der Waals surface area contributed by atoms with E-state index in [1.165, 1.54) is 0 Å². The second-order valence-electron chi connectivity index (χ2n) is 5.99. The maximum Gasteiger partial charge on any atom is 0.163 e. The number of rotatable bonds is 6. The van der Waals surface area contributed by atoms with Gasteiger partial charge in [0.25, 0.3) is 0 Å². The van der Waals surface area contributed by atoms with E-state index in [0.29, 0.717) is 6.54 Å². The molecule has 2 heterocycles. The van der Waals surface area contributed by atoms with Crippen LogP contribution in [-0.2, 0) is 7.05 Å². The van der Waals surface area contributed by atoms with Crippen LogP contribution in [0.25, 0.3) is 11.0 Å². The van der Waals surface area contributed by atoms with Gasteiger partial charge in [0.1, 0.15) is 12.1 Å². The Balaban J connectivity index is 2.41. The molecule has 110 valence electrons. The number of nitrogens with two attached hydrogens (primary N) is 1. The van der Waals surface area contributed by atoms with Crippen LogP contribution in [0.2, 0.25) is 0 Å². The molecule has 2 N–H and O–H groups in total. The molecule has 6 heteroatoms. The molecule has 0 fully saturated rings. The van der Waals surface area contributed by atoms with Gasteiger partial charge in [-0.25, -0.2) is 9.97 Å². The summed E-state index contributed by atoms with van der Waals surface area (Å²) in [5, 5.41) is 5.27. The highest BCUT2D eigenvalue weighted by molar-refractivity contribution is 5.86. The Morgan fingerprint density at radius 2 is 2.10 bits per heavy atom. The van der Waals surface area contributed by atoms with Crippen LogP contribution < -0.4 is 10.6 Å². The summed E-state index contributed by atoms with van der Waals surface area (Å²) in [7, 11) is 1.90. The van der Waals surface area contributed by atoms with E-state index in [2.05, 4.69) is 40.7 Å². The van der Waals surface area contributed by atoms with Crippen LogP contribution in [0.15, 0.2) is 12.5 Å². The predicted molar refractivity (Wildman–Crippen MR) is 81.6 cm³/mol. The van der Waals surface area contributed by atoms with Crippen molar-refractivity contribution in [3.05, 3.63) is 12.5 Å². The summed E-state index contributed by atoms with van der Waals surface area (Å²) >= 11 is 0. The van der Waals surface area contributed by atoms with Gasteiger partial charge in [0.15, 0.2) is 5.65 Å². The number of fused-ring (bicyclic) bond motifs is 1. The van der Waals surface area contributed by atoms with Crippen molar-refractivity contribution in [1.82, 2.24) is 19.7 Å². The van der Waals surface area contributed by atoms with E-state index in [9.17, 15) is 0 Å². The molecule has 0 bridgehead atoms. The minimum Gasteiger partial charge on any atom is -0.355 e. The number of aromatic nitrogens is 4. The average molecular weight is 276 g/mol. The van der Waals surface area contributed by atoms with Crippen LogP contribution in [0.4, 0.5) is 5.82 Å². The molecule has 2 aromatic heterocycles. The van der Waals surface area contributed by atoms with Crippen molar-refractivity contribution < 1.29 is 0 Å². The molecule has 0 amide bonds. The maximum atomic E-state index is 5.87. The van der Waals surface area contributed by atoms with Crippen LogP contribution in [0.3, 0.4) is 0 Å². The minimum atomic E-state index is 0.0503. The Kier molecular flexibility index (Phi) is 4.23. The first-order valence-electron chi connectivity index (χ1n) is 7.06. The SMILES string of the molecule is CCCN(CC(C)(C)CN)c1ncnc2c1cnn2C. The van der Waals surface area contributed by atoms with Crippen molar-refractivity contribution in [1.29, 1.82) is 0 Å². The highest BCUT2D eigenvalue weighted by Crippen LogP contribution is 2.25. The Morgan fingerprint density at radius 1 is 1.35 bits per heavy atom. The maximum absolute atomic E-state index is 5.87. The topological polar surface area (TPSA) is 72.9 Å². The van der Waals surface area contributed by atoms with Gasteiger partial charge in [-0.15, -0.1) is 0 Å². The van der Waals surface area contributed by atoms with Crippen molar-refractivity contribution in [2.24, 2.45) is 18.2 Å². The molecule has 0 aliphatic rings. The van der Waals surface area contributed by atoms with Crippen molar-refractivity contribution >= 4 is 16.9 Å². The van der Waals surface area contributed by atoms with Gasteiger partial charge >= 0.3 is 0 Å². The van der Waals surface area contributed by atoms with Gasteiger partial charge in [-0.05, 0) is 18.4 Å². The zero-order valence-electron chi connectivity index (χ0n) is 12.8. The predicted octanol–water partition coefficient (Wildman–Crippen LogP) is 1.56. The summed E-state index contributed by atoms with van der Waals surface area (Å²) in [5.41, 5.74) is 6.78. The molecule has 0 aliphatic heterocycles. The molecule has 0 saturated heterocycles.